The molecule has 0 amide bonds. The van der Waals surface area contributed by atoms with Crippen LogP contribution in [0.2, 0.25) is 0 Å². The van der Waals surface area contributed by atoms with Gasteiger partial charge in [0.05, 0.1) is 26.4 Å². The van der Waals surface area contributed by atoms with Crippen molar-refractivity contribution >= 4 is 33.6 Å². The number of hydrogen-bond donors (Lipinski definition) is 4. The summed E-state index contributed by atoms with van der Waals surface area (Å²) in [6.45, 7) is 2.45. The highest BCUT2D eigenvalue weighted by atomic mass is 31.2. The van der Waals surface area contributed by atoms with E-state index in [1.807, 2.05) is 0 Å². The number of phosphoric ester groups is 2. The number of esters is 3. The van der Waals surface area contributed by atoms with E-state index < -0.39 is 91.5 Å². The zero-order valence-corrected chi connectivity index (χ0v) is 54.5. The van der Waals surface area contributed by atoms with Crippen molar-refractivity contribution in [3.05, 3.63) is 97.2 Å². The molecule has 0 aliphatic rings. The van der Waals surface area contributed by atoms with Crippen molar-refractivity contribution in [2.45, 2.75) is 270 Å². The van der Waals surface area contributed by atoms with Crippen molar-refractivity contribution in [3.8, 4) is 0 Å². The lowest BCUT2D eigenvalue weighted by Gasteiger charge is -2.21. The molecule has 0 aromatic carbocycles. The quantitative estimate of drug-likeness (QED) is 0.0146. The van der Waals surface area contributed by atoms with Gasteiger partial charge >= 0.3 is 33.6 Å². The maximum absolute atomic E-state index is 12.9. The first-order valence-electron chi connectivity index (χ1n) is 32.5. The third kappa shape index (κ3) is 61.9. The minimum atomic E-state index is -4.93. The van der Waals surface area contributed by atoms with Crippen molar-refractivity contribution in [1.82, 2.24) is 0 Å². The predicted octanol–water partition coefficient (Wildman–Crippen LogP) is 17.5. The molecule has 0 saturated carbocycles. The number of hydrogen-bond acceptors (Lipinski definition) is 14. The van der Waals surface area contributed by atoms with Crippen molar-refractivity contribution in [3.63, 3.8) is 0 Å². The molecule has 0 rings (SSSR count). The Morgan fingerprint density at radius 2 is 0.624 bits per heavy atom. The highest BCUT2D eigenvalue weighted by Crippen LogP contribution is 2.45. The van der Waals surface area contributed by atoms with Crippen molar-refractivity contribution in [2.24, 2.45) is 0 Å². The molecule has 0 aliphatic heterocycles. The van der Waals surface area contributed by atoms with Crippen molar-refractivity contribution in [1.29, 1.82) is 0 Å². The Bertz CT molecular complexity index is 1940. The Morgan fingerprint density at radius 1 is 0.341 bits per heavy atom. The molecule has 5 unspecified atom stereocenters. The lowest BCUT2D eigenvalue weighted by atomic mass is 10.1. The molecule has 0 fully saturated rings. The van der Waals surface area contributed by atoms with Crippen LogP contribution < -0.4 is 0 Å². The molecule has 0 radical (unpaired) electrons. The van der Waals surface area contributed by atoms with Crippen LogP contribution >= 0.6 is 15.6 Å². The molecule has 490 valence electrons. The van der Waals surface area contributed by atoms with Gasteiger partial charge in [-0.05, 0) is 122 Å². The third-order valence-electron chi connectivity index (χ3n) is 13.3. The summed E-state index contributed by atoms with van der Waals surface area (Å²) in [5.41, 5.74) is 0. The van der Waals surface area contributed by atoms with Gasteiger partial charge in [-0.2, -0.15) is 0 Å². The summed E-state index contributed by atoms with van der Waals surface area (Å²) in [6.07, 6.45) is 64.6. The van der Waals surface area contributed by atoms with Crippen molar-refractivity contribution < 1.29 is 75.8 Å². The van der Waals surface area contributed by atoms with Gasteiger partial charge in [-0.15, -0.1) is 0 Å². The zero-order valence-electron chi connectivity index (χ0n) is 52.8. The van der Waals surface area contributed by atoms with E-state index in [9.17, 15) is 43.5 Å². The monoisotopic (exact) mass is 1240 g/mol. The molecule has 5 atom stereocenters. The van der Waals surface area contributed by atoms with Crippen LogP contribution in [0, 0.1) is 0 Å². The normalized spacial score (nSPS) is 15.0. The van der Waals surface area contributed by atoms with E-state index in [2.05, 4.69) is 118 Å². The smallest absolute Gasteiger partial charge is 0.463 e. The van der Waals surface area contributed by atoms with Gasteiger partial charge in [-0.25, -0.2) is 9.13 Å². The molecule has 0 bridgehead atoms. The van der Waals surface area contributed by atoms with Gasteiger partial charge in [0.1, 0.15) is 25.4 Å². The first-order valence-corrected chi connectivity index (χ1v) is 35.5. The number of carbonyl (C=O) groups excluding carboxylic acids is 3. The predicted molar refractivity (Wildman–Crippen MR) is 344 cm³/mol. The molecule has 4 N–H and O–H groups in total. The molecule has 85 heavy (non-hydrogen) atoms. The Balaban J connectivity index is 4.72. The number of aliphatic hydroxyl groups excluding tert-OH is 2. The molecule has 0 heterocycles. The van der Waals surface area contributed by atoms with Gasteiger partial charge in [-0.3, -0.25) is 32.5 Å². The Kier molecular flexibility index (Phi) is 58.2. The molecule has 0 aliphatic carbocycles. The Labute approximate surface area is 514 Å². The van der Waals surface area contributed by atoms with Crippen LogP contribution in [0.3, 0.4) is 0 Å². The lowest BCUT2D eigenvalue weighted by molar-refractivity contribution is -0.161. The number of unbranched alkanes of at least 4 members (excludes halogenated alkanes) is 22. The molecular weight excluding hydrogens is 1120 g/mol. The highest BCUT2D eigenvalue weighted by Gasteiger charge is 2.29. The fourth-order valence-electron chi connectivity index (χ4n) is 8.27. The second kappa shape index (κ2) is 60.7. The molecule has 16 nitrogen and oxygen atoms in total. The van der Waals surface area contributed by atoms with Crippen LogP contribution in [0.25, 0.3) is 0 Å². The van der Waals surface area contributed by atoms with E-state index in [-0.39, 0.29) is 19.3 Å². The number of ether oxygens (including phenoxy) is 3. The summed E-state index contributed by atoms with van der Waals surface area (Å²) in [4.78, 5) is 58.2. The molecule has 0 aromatic heterocycles. The SMILES string of the molecule is CC/C=C\C/C=C\C/C=C\C/C=C\C/C=C\CCCCCC(=O)OCC(O)COP(=O)(O)OCC(O)COP(=O)(O)OCC(COC(=O)CCCCCCC/C=C\C/C=C\CCCCC)OC(=O)CCCCCCC/C=C\CCCCCCCC. The Morgan fingerprint density at radius 3 is 1.04 bits per heavy atom. The molecule has 18 heteroatoms. The first-order chi connectivity index (χ1) is 41.2. The van der Waals surface area contributed by atoms with Gasteiger partial charge in [-0.1, -0.05) is 208 Å². The van der Waals surface area contributed by atoms with E-state index in [1.165, 1.54) is 57.8 Å². The highest BCUT2D eigenvalue weighted by molar-refractivity contribution is 7.47. The van der Waals surface area contributed by atoms with E-state index in [0.29, 0.717) is 19.3 Å². The fourth-order valence-corrected chi connectivity index (χ4v) is 9.85. The maximum atomic E-state index is 12.9. The van der Waals surface area contributed by atoms with Crippen LogP contribution in [0.4, 0.5) is 0 Å². The number of aliphatic hydroxyl groups is 2. The van der Waals surface area contributed by atoms with Crippen LogP contribution in [-0.2, 0) is 55.8 Å². The first kappa shape index (κ1) is 81.5. The van der Waals surface area contributed by atoms with E-state index in [0.717, 1.165) is 135 Å². The van der Waals surface area contributed by atoms with Crippen LogP contribution in [0.15, 0.2) is 97.2 Å². The van der Waals surface area contributed by atoms with Gasteiger partial charge < -0.3 is 34.2 Å². The summed E-state index contributed by atoms with van der Waals surface area (Å²) >= 11 is 0. The van der Waals surface area contributed by atoms with Crippen molar-refractivity contribution in [2.75, 3.05) is 39.6 Å². The summed E-state index contributed by atoms with van der Waals surface area (Å²) < 4.78 is 60.7. The van der Waals surface area contributed by atoms with E-state index in [1.54, 1.807) is 0 Å². The molecule has 0 saturated heterocycles. The van der Waals surface area contributed by atoms with Crippen LogP contribution in [0.1, 0.15) is 252 Å². The number of rotatable bonds is 61. The summed E-state index contributed by atoms with van der Waals surface area (Å²) in [5.74, 6) is -1.63. The largest absolute Gasteiger partial charge is 0.472 e. The third-order valence-corrected chi connectivity index (χ3v) is 15.2. The molecule has 0 aromatic rings. The molecular formula is C67H116O16P2. The van der Waals surface area contributed by atoms with Gasteiger partial charge in [0.15, 0.2) is 6.10 Å². The summed E-state index contributed by atoms with van der Waals surface area (Å²) in [6, 6.07) is 0. The summed E-state index contributed by atoms with van der Waals surface area (Å²) in [5, 5.41) is 20.5. The average Bonchev–Trinajstić information content (AvgIpc) is 3.52. The van der Waals surface area contributed by atoms with E-state index in [4.69, 9.17) is 32.3 Å². The van der Waals surface area contributed by atoms with Gasteiger partial charge in [0.25, 0.3) is 0 Å². The zero-order chi connectivity index (χ0) is 62.4. The summed E-state index contributed by atoms with van der Waals surface area (Å²) in [7, 11) is -9.78. The van der Waals surface area contributed by atoms with Crippen LogP contribution in [0.5, 0.6) is 0 Å². The standard InChI is InChI=1S/C67H116O16P2/c1-4-7-10-13-16-19-22-25-28-29-30-31-34-36-38-41-44-47-50-53-65(70)77-56-62(68)57-79-84(73,74)80-58-63(69)59-81-85(75,76)82-61-64(83-67(72)55-52-49-46-43-40-37-33-27-24-21-18-15-12-9-6-3)60-78-66(71)54-51-48-45-42-39-35-32-26-23-20-17-14-11-8-5-2/h7,10,16-17,19-20,25-28,30-33,36,38,62-64,68-69H,4-6,8-9,11-15,18,21-24,29,34-35,37,39-61H2,1-3H3,(H,73,74)(H,75,76)/b10-7-,19-16-,20-17-,28-25-,31-30-,32-26-,33-27-,38-36-. The topological polar surface area (TPSA) is 231 Å². The second-order valence-corrected chi connectivity index (χ2v) is 24.4. The fraction of sp³-hybridized carbons (Fsp3) is 0.716. The number of carbonyl (C=O) groups is 3. The number of allylic oxidation sites excluding steroid dienone is 16. The minimum absolute atomic E-state index is 0.0905. The minimum Gasteiger partial charge on any atom is -0.463 e. The lowest BCUT2D eigenvalue weighted by Crippen LogP contribution is -2.30. The van der Waals surface area contributed by atoms with Gasteiger partial charge in [0.2, 0.25) is 0 Å². The average molecular weight is 1240 g/mol. The second-order valence-electron chi connectivity index (χ2n) is 21.5. The Hall–Kier alpha value is -3.53. The molecule has 0 spiro atoms. The van der Waals surface area contributed by atoms with E-state index >= 15 is 0 Å². The number of phosphoric acid groups is 2. The maximum Gasteiger partial charge on any atom is 0.472 e. The van der Waals surface area contributed by atoms with Crippen LogP contribution in [-0.4, -0.2) is 95.9 Å². The van der Waals surface area contributed by atoms with Gasteiger partial charge in [0, 0.05) is 19.3 Å².